The van der Waals surface area contributed by atoms with Crippen LogP contribution in [0.25, 0.3) is 0 Å². The molecule has 1 aliphatic heterocycles. The SMILES string of the molecule is CCCc1nc(NN)c(C)c(N2Cc3ccccc3C2)n1. The van der Waals surface area contributed by atoms with E-state index in [1.54, 1.807) is 0 Å². The number of nitrogen functional groups attached to an aromatic ring is 1. The standard InChI is InChI=1S/C16H21N5/c1-3-6-14-18-15(20-17)11(2)16(19-14)21-9-12-7-4-5-8-13(12)10-21/h4-5,7-8H,3,6,9-10,17H2,1-2H3,(H,18,19,20). The number of benzene rings is 1. The number of hydrogen-bond donors (Lipinski definition) is 2. The molecule has 5 heteroatoms. The molecule has 5 nitrogen and oxygen atoms in total. The van der Waals surface area contributed by atoms with Crippen LogP contribution in [-0.2, 0) is 19.5 Å². The Morgan fingerprint density at radius 3 is 2.43 bits per heavy atom. The Kier molecular flexibility index (Phi) is 3.75. The van der Waals surface area contributed by atoms with Crippen molar-refractivity contribution in [2.45, 2.75) is 39.8 Å². The number of nitrogens with one attached hydrogen (secondary N) is 1. The molecule has 21 heavy (non-hydrogen) atoms. The van der Waals surface area contributed by atoms with Gasteiger partial charge in [0.15, 0.2) is 0 Å². The largest absolute Gasteiger partial charge is 0.348 e. The summed E-state index contributed by atoms with van der Waals surface area (Å²) < 4.78 is 0. The molecule has 0 saturated carbocycles. The van der Waals surface area contributed by atoms with Crippen molar-refractivity contribution in [1.29, 1.82) is 0 Å². The van der Waals surface area contributed by atoms with Crippen molar-refractivity contribution < 1.29 is 0 Å². The van der Waals surface area contributed by atoms with Gasteiger partial charge in [-0.1, -0.05) is 31.2 Å². The monoisotopic (exact) mass is 283 g/mol. The van der Waals surface area contributed by atoms with E-state index in [0.29, 0.717) is 0 Å². The molecule has 0 radical (unpaired) electrons. The van der Waals surface area contributed by atoms with Gasteiger partial charge in [-0.2, -0.15) is 0 Å². The molecule has 0 bridgehead atoms. The van der Waals surface area contributed by atoms with Gasteiger partial charge in [0.05, 0.1) is 0 Å². The van der Waals surface area contributed by atoms with Gasteiger partial charge in [-0.3, -0.25) is 0 Å². The summed E-state index contributed by atoms with van der Waals surface area (Å²) >= 11 is 0. The van der Waals surface area contributed by atoms with Gasteiger partial charge in [-0.15, -0.1) is 0 Å². The second-order valence-electron chi connectivity index (χ2n) is 5.46. The molecule has 110 valence electrons. The van der Waals surface area contributed by atoms with Gasteiger partial charge in [0.1, 0.15) is 17.5 Å². The molecule has 0 aliphatic carbocycles. The second kappa shape index (κ2) is 5.69. The predicted octanol–water partition coefficient (Wildman–Crippen LogP) is 2.54. The van der Waals surface area contributed by atoms with Crippen molar-refractivity contribution >= 4 is 11.6 Å². The van der Waals surface area contributed by atoms with Crippen LogP contribution in [0.15, 0.2) is 24.3 Å². The highest BCUT2D eigenvalue weighted by atomic mass is 15.3. The van der Waals surface area contributed by atoms with E-state index in [2.05, 4.69) is 46.5 Å². The third-order valence-corrected chi connectivity index (χ3v) is 3.92. The maximum absolute atomic E-state index is 5.61. The fraction of sp³-hybridized carbons (Fsp3) is 0.375. The minimum atomic E-state index is 0.722. The Hall–Kier alpha value is -2.14. The molecule has 0 saturated heterocycles. The van der Waals surface area contributed by atoms with Gasteiger partial charge >= 0.3 is 0 Å². The van der Waals surface area contributed by atoms with E-state index in [1.807, 2.05) is 6.92 Å². The Balaban J connectivity index is 1.97. The zero-order valence-electron chi connectivity index (χ0n) is 12.6. The van der Waals surface area contributed by atoms with E-state index in [1.165, 1.54) is 11.1 Å². The first-order chi connectivity index (χ1) is 10.2. The summed E-state index contributed by atoms with van der Waals surface area (Å²) in [6.07, 6.45) is 1.88. The highest BCUT2D eigenvalue weighted by Gasteiger charge is 2.23. The highest BCUT2D eigenvalue weighted by molar-refractivity contribution is 5.60. The van der Waals surface area contributed by atoms with E-state index in [4.69, 9.17) is 10.8 Å². The lowest BCUT2D eigenvalue weighted by Crippen LogP contribution is -2.21. The lowest BCUT2D eigenvalue weighted by atomic mass is 10.1. The van der Waals surface area contributed by atoms with Crippen LogP contribution in [0.2, 0.25) is 0 Å². The van der Waals surface area contributed by atoms with E-state index in [-0.39, 0.29) is 0 Å². The van der Waals surface area contributed by atoms with E-state index >= 15 is 0 Å². The quantitative estimate of drug-likeness (QED) is 0.667. The van der Waals surface area contributed by atoms with Crippen LogP contribution in [0, 0.1) is 6.92 Å². The van der Waals surface area contributed by atoms with Gasteiger partial charge in [-0.25, -0.2) is 15.8 Å². The number of hydrogen-bond acceptors (Lipinski definition) is 5. The summed E-state index contributed by atoms with van der Waals surface area (Å²) in [7, 11) is 0. The number of hydrazine groups is 1. The number of fused-ring (bicyclic) bond motifs is 1. The summed E-state index contributed by atoms with van der Waals surface area (Å²) in [6, 6.07) is 8.54. The van der Waals surface area contributed by atoms with Crippen LogP contribution >= 0.6 is 0 Å². The molecule has 3 N–H and O–H groups in total. The molecule has 0 fully saturated rings. The Labute approximate surface area is 125 Å². The van der Waals surface area contributed by atoms with Crippen LogP contribution in [0.4, 0.5) is 11.6 Å². The molecule has 2 heterocycles. The summed E-state index contributed by atoms with van der Waals surface area (Å²) in [5.41, 5.74) is 6.45. The molecule has 0 unspecified atom stereocenters. The normalized spacial score (nSPS) is 13.4. The molecule has 1 aromatic carbocycles. The van der Waals surface area contributed by atoms with E-state index < -0.39 is 0 Å². The molecule has 0 amide bonds. The average molecular weight is 283 g/mol. The van der Waals surface area contributed by atoms with Crippen molar-refractivity contribution in [2.24, 2.45) is 5.84 Å². The Morgan fingerprint density at radius 2 is 1.86 bits per heavy atom. The van der Waals surface area contributed by atoms with Crippen LogP contribution in [-0.4, -0.2) is 9.97 Å². The maximum atomic E-state index is 5.61. The van der Waals surface area contributed by atoms with Crippen LogP contribution < -0.4 is 16.2 Å². The highest BCUT2D eigenvalue weighted by Crippen LogP contribution is 2.31. The minimum absolute atomic E-state index is 0.722. The molecule has 2 aromatic rings. The third kappa shape index (κ3) is 2.56. The predicted molar refractivity (Wildman–Crippen MR) is 84.9 cm³/mol. The molecule has 1 aliphatic rings. The lowest BCUT2D eigenvalue weighted by Gasteiger charge is -2.21. The lowest BCUT2D eigenvalue weighted by molar-refractivity contribution is 0.792. The number of nitrogens with two attached hydrogens (primary N) is 1. The number of anilines is 2. The average Bonchev–Trinajstić information content (AvgIpc) is 2.92. The van der Waals surface area contributed by atoms with Crippen molar-refractivity contribution in [1.82, 2.24) is 9.97 Å². The fourth-order valence-electron chi connectivity index (χ4n) is 2.82. The Morgan fingerprint density at radius 1 is 1.19 bits per heavy atom. The van der Waals surface area contributed by atoms with Gasteiger partial charge in [-0.05, 0) is 24.5 Å². The molecular formula is C16H21N5. The van der Waals surface area contributed by atoms with Gasteiger partial charge in [0.25, 0.3) is 0 Å². The summed E-state index contributed by atoms with van der Waals surface area (Å²) in [4.78, 5) is 11.5. The molecule has 0 atom stereocenters. The van der Waals surface area contributed by atoms with Crippen LogP contribution in [0.1, 0.15) is 35.9 Å². The summed E-state index contributed by atoms with van der Waals surface area (Å²) in [5.74, 6) is 8.16. The number of aromatic nitrogens is 2. The zero-order valence-corrected chi connectivity index (χ0v) is 12.6. The fourth-order valence-corrected chi connectivity index (χ4v) is 2.82. The topological polar surface area (TPSA) is 67.1 Å². The van der Waals surface area contributed by atoms with Crippen molar-refractivity contribution in [3.63, 3.8) is 0 Å². The van der Waals surface area contributed by atoms with Crippen molar-refractivity contribution in [3.05, 3.63) is 46.8 Å². The minimum Gasteiger partial charge on any atom is -0.348 e. The number of rotatable bonds is 4. The number of nitrogens with zero attached hydrogens (tertiary/aromatic N) is 3. The number of aryl methyl sites for hydroxylation is 1. The molecule has 3 rings (SSSR count). The first kappa shape index (κ1) is 13.8. The summed E-state index contributed by atoms with van der Waals surface area (Å²) in [5, 5.41) is 0. The second-order valence-corrected chi connectivity index (χ2v) is 5.46. The molecule has 0 spiro atoms. The van der Waals surface area contributed by atoms with Crippen molar-refractivity contribution in [3.8, 4) is 0 Å². The molecular weight excluding hydrogens is 262 g/mol. The van der Waals surface area contributed by atoms with E-state index in [0.717, 1.165) is 49.0 Å². The van der Waals surface area contributed by atoms with E-state index in [9.17, 15) is 0 Å². The van der Waals surface area contributed by atoms with Gasteiger partial charge in [0, 0.05) is 25.1 Å². The summed E-state index contributed by atoms with van der Waals surface area (Å²) in [6.45, 7) is 5.93. The van der Waals surface area contributed by atoms with Gasteiger partial charge in [0.2, 0.25) is 0 Å². The van der Waals surface area contributed by atoms with Crippen LogP contribution in [0.3, 0.4) is 0 Å². The smallest absolute Gasteiger partial charge is 0.148 e. The Bertz CT molecular complexity index is 628. The zero-order chi connectivity index (χ0) is 14.8. The molecule has 1 aromatic heterocycles. The third-order valence-electron chi connectivity index (χ3n) is 3.92. The van der Waals surface area contributed by atoms with Crippen LogP contribution in [0.5, 0.6) is 0 Å². The van der Waals surface area contributed by atoms with Crippen molar-refractivity contribution in [2.75, 3.05) is 10.3 Å². The maximum Gasteiger partial charge on any atom is 0.148 e. The van der Waals surface area contributed by atoms with Gasteiger partial charge < -0.3 is 10.3 Å². The first-order valence-corrected chi connectivity index (χ1v) is 7.38. The first-order valence-electron chi connectivity index (χ1n) is 7.38.